The predicted molar refractivity (Wildman–Crippen MR) is 60.0 cm³/mol. The molecule has 0 aliphatic rings. The quantitative estimate of drug-likeness (QED) is 0.439. The Kier molecular flexibility index (Phi) is 2.64. The SMILES string of the molecule is O=[N+]([O-])C(F)=Cc1ccc2ccccc2c1. The summed E-state index contributed by atoms with van der Waals surface area (Å²) in [4.78, 5) is 9.08. The minimum atomic E-state index is -1.35. The zero-order chi connectivity index (χ0) is 11.5. The molecule has 4 heteroatoms. The van der Waals surface area contributed by atoms with Crippen LogP contribution >= 0.6 is 0 Å². The highest BCUT2D eigenvalue weighted by Gasteiger charge is 2.07. The molecule has 0 atom stereocenters. The summed E-state index contributed by atoms with van der Waals surface area (Å²) in [5.41, 5.74) is 0.480. The van der Waals surface area contributed by atoms with Crippen LogP contribution in [0.1, 0.15) is 5.56 Å². The molecule has 2 aromatic carbocycles. The van der Waals surface area contributed by atoms with Crippen molar-refractivity contribution in [3.63, 3.8) is 0 Å². The predicted octanol–water partition coefficient (Wildman–Crippen LogP) is 3.38. The smallest absolute Gasteiger partial charge is 0.256 e. The van der Waals surface area contributed by atoms with E-state index in [2.05, 4.69) is 0 Å². The Morgan fingerprint density at radius 3 is 2.56 bits per heavy atom. The van der Waals surface area contributed by atoms with Crippen LogP contribution in [0.2, 0.25) is 0 Å². The summed E-state index contributed by atoms with van der Waals surface area (Å²) in [5.74, 6) is -1.35. The molecule has 2 aromatic rings. The van der Waals surface area contributed by atoms with E-state index < -0.39 is 10.9 Å². The summed E-state index contributed by atoms with van der Waals surface area (Å²) in [5, 5.41) is 12.1. The molecule has 0 amide bonds. The summed E-state index contributed by atoms with van der Waals surface area (Å²) >= 11 is 0. The topological polar surface area (TPSA) is 43.1 Å². The van der Waals surface area contributed by atoms with E-state index in [4.69, 9.17) is 0 Å². The van der Waals surface area contributed by atoms with E-state index in [1.165, 1.54) is 0 Å². The molecule has 80 valence electrons. The minimum absolute atomic E-state index is 0.480. The van der Waals surface area contributed by atoms with Crippen LogP contribution in [0.4, 0.5) is 4.39 Å². The summed E-state index contributed by atoms with van der Waals surface area (Å²) in [6.07, 6.45) is 0.909. The molecular formula is C12H8FNO2. The molecule has 0 heterocycles. The number of halogens is 1. The molecule has 0 spiro atoms. The van der Waals surface area contributed by atoms with Gasteiger partial charge in [-0.2, -0.15) is 0 Å². The first kappa shape index (κ1) is 10.3. The Labute approximate surface area is 91.0 Å². The van der Waals surface area contributed by atoms with Crippen LogP contribution in [0.5, 0.6) is 0 Å². The van der Waals surface area contributed by atoms with E-state index >= 15 is 0 Å². The second kappa shape index (κ2) is 4.10. The van der Waals surface area contributed by atoms with Gasteiger partial charge < -0.3 is 0 Å². The lowest BCUT2D eigenvalue weighted by molar-refractivity contribution is -0.445. The first-order valence-electron chi connectivity index (χ1n) is 4.67. The first-order valence-corrected chi connectivity index (χ1v) is 4.67. The van der Waals surface area contributed by atoms with Crippen LogP contribution in [0.25, 0.3) is 16.8 Å². The number of hydrogen-bond donors (Lipinski definition) is 0. The second-order valence-electron chi connectivity index (χ2n) is 3.33. The van der Waals surface area contributed by atoms with E-state index in [1.54, 1.807) is 18.2 Å². The van der Waals surface area contributed by atoms with Crippen LogP contribution in [-0.4, -0.2) is 4.92 Å². The normalized spacial score (nSPS) is 11.7. The van der Waals surface area contributed by atoms with Gasteiger partial charge in [0, 0.05) is 0 Å². The summed E-state index contributed by atoms with van der Waals surface area (Å²) in [6, 6.07) is 12.7. The molecule has 0 saturated carbocycles. The number of nitrogens with zero attached hydrogens (tertiary/aromatic N) is 1. The van der Waals surface area contributed by atoms with Crippen molar-refractivity contribution in [1.82, 2.24) is 0 Å². The molecule has 0 radical (unpaired) electrons. The fraction of sp³-hybridized carbons (Fsp3) is 0. The monoisotopic (exact) mass is 217 g/mol. The third kappa shape index (κ3) is 2.06. The van der Waals surface area contributed by atoms with Crippen LogP contribution in [0.15, 0.2) is 48.4 Å². The van der Waals surface area contributed by atoms with Crippen molar-refractivity contribution in [3.8, 4) is 0 Å². The van der Waals surface area contributed by atoms with Gasteiger partial charge in [-0.1, -0.05) is 36.4 Å². The van der Waals surface area contributed by atoms with Crippen molar-refractivity contribution in [3.05, 3.63) is 64.1 Å². The largest absolute Gasteiger partial charge is 0.419 e. The number of benzene rings is 2. The molecule has 0 aromatic heterocycles. The maximum absolute atomic E-state index is 12.8. The average molecular weight is 217 g/mol. The Morgan fingerprint density at radius 2 is 1.88 bits per heavy atom. The Balaban J connectivity index is 2.47. The van der Waals surface area contributed by atoms with Gasteiger partial charge in [0.25, 0.3) is 0 Å². The molecule has 0 N–H and O–H groups in total. The van der Waals surface area contributed by atoms with Crippen molar-refractivity contribution in [2.24, 2.45) is 0 Å². The average Bonchev–Trinajstić information content (AvgIpc) is 2.28. The first-order chi connectivity index (χ1) is 7.66. The van der Waals surface area contributed by atoms with Gasteiger partial charge in [-0.25, -0.2) is 0 Å². The fourth-order valence-corrected chi connectivity index (χ4v) is 1.49. The van der Waals surface area contributed by atoms with E-state index in [9.17, 15) is 14.5 Å². The van der Waals surface area contributed by atoms with Gasteiger partial charge in [0.2, 0.25) is 0 Å². The molecule has 16 heavy (non-hydrogen) atoms. The van der Waals surface area contributed by atoms with Gasteiger partial charge in [0.15, 0.2) is 0 Å². The van der Waals surface area contributed by atoms with Crippen molar-refractivity contribution >= 4 is 16.8 Å². The number of nitro groups is 1. The van der Waals surface area contributed by atoms with Crippen molar-refractivity contribution < 1.29 is 9.31 Å². The third-order valence-electron chi connectivity index (χ3n) is 2.23. The van der Waals surface area contributed by atoms with Crippen LogP contribution in [-0.2, 0) is 0 Å². The van der Waals surface area contributed by atoms with E-state index in [1.807, 2.05) is 24.3 Å². The lowest BCUT2D eigenvalue weighted by Crippen LogP contribution is -1.91. The van der Waals surface area contributed by atoms with Gasteiger partial charge in [0.1, 0.15) is 0 Å². The van der Waals surface area contributed by atoms with Gasteiger partial charge in [0.05, 0.1) is 11.0 Å². The van der Waals surface area contributed by atoms with Crippen LogP contribution in [0, 0.1) is 10.1 Å². The summed E-state index contributed by atoms with van der Waals surface area (Å²) < 4.78 is 12.8. The Hall–Kier alpha value is -2.23. The summed E-state index contributed by atoms with van der Waals surface area (Å²) in [6.45, 7) is 0. The zero-order valence-corrected chi connectivity index (χ0v) is 8.26. The van der Waals surface area contributed by atoms with E-state index in [0.29, 0.717) is 5.56 Å². The van der Waals surface area contributed by atoms with Gasteiger partial charge in [-0.05, 0) is 22.4 Å². The lowest BCUT2D eigenvalue weighted by Gasteiger charge is -1.98. The number of rotatable bonds is 2. The maximum Gasteiger partial charge on any atom is 0.419 e. The van der Waals surface area contributed by atoms with Crippen molar-refractivity contribution in [2.45, 2.75) is 0 Å². The molecule has 0 saturated heterocycles. The van der Waals surface area contributed by atoms with Crippen molar-refractivity contribution in [1.29, 1.82) is 0 Å². The van der Waals surface area contributed by atoms with E-state index in [-0.39, 0.29) is 0 Å². The standard InChI is InChI=1S/C12H8FNO2/c13-12(14(15)16)8-9-5-6-10-3-1-2-4-11(10)7-9/h1-8H. The Bertz CT molecular complexity index is 578. The minimum Gasteiger partial charge on any atom is -0.256 e. The highest BCUT2D eigenvalue weighted by molar-refractivity contribution is 5.84. The molecule has 2 rings (SSSR count). The van der Waals surface area contributed by atoms with Crippen molar-refractivity contribution in [2.75, 3.05) is 0 Å². The highest BCUT2D eigenvalue weighted by atomic mass is 19.1. The molecule has 0 aliphatic heterocycles. The second-order valence-corrected chi connectivity index (χ2v) is 3.33. The van der Waals surface area contributed by atoms with E-state index in [0.717, 1.165) is 16.8 Å². The Morgan fingerprint density at radius 1 is 1.19 bits per heavy atom. The van der Waals surface area contributed by atoms with Gasteiger partial charge >= 0.3 is 5.95 Å². The molecule has 0 unspecified atom stereocenters. The number of fused-ring (bicyclic) bond motifs is 1. The summed E-state index contributed by atoms with van der Waals surface area (Å²) in [7, 11) is 0. The maximum atomic E-state index is 12.8. The van der Waals surface area contributed by atoms with Gasteiger partial charge in [-0.3, -0.25) is 10.1 Å². The highest BCUT2D eigenvalue weighted by Crippen LogP contribution is 2.17. The molecule has 0 aliphatic carbocycles. The molecule has 0 fully saturated rings. The molecule has 0 bridgehead atoms. The zero-order valence-electron chi connectivity index (χ0n) is 8.26. The lowest BCUT2D eigenvalue weighted by atomic mass is 10.1. The molecule has 3 nitrogen and oxygen atoms in total. The third-order valence-corrected chi connectivity index (χ3v) is 2.23. The fourth-order valence-electron chi connectivity index (χ4n) is 1.49. The van der Waals surface area contributed by atoms with Crippen LogP contribution in [0.3, 0.4) is 0 Å². The molecular weight excluding hydrogens is 209 g/mol. The van der Waals surface area contributed by atoms with Gasteiger partial charge in [-0.15, -0.1) is 4.39 Å². The van der Waals surface area contributed by atoms with Crippen LogP contribution < -0.4 is 0 Å². The number of hydrogen-bond acceptors (Lipinski definition) is 2.